The minimum atomic E-state index is -1.19. The smallest absolute Gasteiger partial charge is 0.409 e. The Morgan fingerprint density at radius 3 is 2.82 bits per heavy atom. The van der Waals surface area contributed by atoms with Crippen molar-refractivity contribution in [2.24, 2.45) is 5.10 Å². The van der Waals surface area contributed by atoms with Gasteiger partial charge in [0, 0.05) is 28.7 Å². The van der Waals surface area contributed by atoms with Crippen LogP contribution < -0.4 is 10.7 Å². The van der Waals surface area contributed by atoms with Gasteiger partial charge in [-0.05, 0) is 43.4 Å². The summed E-state index contributed by atoms with van der Waals surface area (Å²) in [5.41, 5.74) is 7.53. The summed E-state index contributed by atoms with van der Waals surface area (Å²) in [5.74, 6) is -0.388. The zero-order valence-corrected chi connectivity index (χ0v) is 15.4. The summed E-state index contributed by atoms with van der Waals surface area (Å²) in [6, 6.07) is 11.3. The molecule has 2 amide bonds. The number of aromatic nitrogens is 1. The lowest BCUT2D eigenvalue weighted by molar-refractivity contribution is 0.0957. The van der Waals surface area contributed by atoms with Crippen molar-refractivity contribution in [3.8, 4) is 11.3 Å². The molecule has 8 heteroatoms. The normalized spacial score (nSPS) is 12.9. The van der Waals surface area contributed by atoms with Gasteiger partial charge in [0.2, 0.25) is 0 Å². The molecule has 0 unspecified atom stereocenters. The Morgan fingerprint density at radius 2 is 2.07 bits per heavy atom. The Hall–Kier alpha value is -3.65. The number of amides is 2. The summed E-state index contributed by atoms with van der Waals surface area (Å²) in [5, 5.41) is 16.1. The zero-order chi connectivity index (χ0) is 19.8. The molecular formula is C20H19N5O3. The van der Waals surface area contributed by atoms with Gasteiger partial charge in [0.25, 0.3) is 5.91 Å². The van der Waals surface area contributed by atoms with E-state index in [0.717, 1.165) is 28.9 Å². The van der Waals surface area contributed by atoms with E-state index in [-0.39, 0.29) is 5.91 Å². The quantitative estimate of drug-likeness (QED) is 0.560. The van der Waals surface area contributed by atoms with E-state index >= 15 is 0 Å². The van der Waals surface area contributed by atoms with Crippen molar-refractivity contribution in [1.29, 1.82) is 0 Å². The highest BCUT2D eigenvalue weighted by Crippen LogP contribution is 2.34. The van der Waals surface area contributed by atoms with Gasteiger partial charge in [-0.3, -0.25) is 10.1 Å². The number of carbonyl (C=O) groups is 2. The van der Waals surface area contributed by atoms with E-state index in [9.17, 15) is 9.59 Å². The maximum atomic E-state index is 12.4. The van der Waals surface area contributed by atoms with Crippen LogP contribution in [-0.2, 0) is 6.54 Å². The molecule has 1 aliphatic rings. The average Bonchev–Trinajstić information content (AvgIpc) is 2.89. The second-order valence-corrected chi connectivity index (χ2v) is 6.93. The number of nitrogens with zero attached hydrogens (tertiary/aromatic N) is 2. The highest BCUT2D eigenvalue weighted by atomic mass is 16.4. The lowest BCUT2D eigenvalue weighted by Crippen LogP contribution is -2.17. The molecule has 142 valence electrons. The second kappa shape index (κ2) is 6.82. The van der Waals surface area contributed by atoms with Crippen molar-refractivity contribution in [2.75, 3.05) is 19.4 Å². The van der Waals surface area contributed by atoms with Crippen LogP contribution in [0, 0.1) is 0 Å². The molecule has 2 heterocycles. The molecule has 0 aliphatic carbocycles. The molecule has 4 N–H and O–H groups in total. The van der Waals surface area contributed by atoms with Crippen molar-refractivity contribution >= 4 is 34.8 Å². The summed E-state index contributed by atoms with van der Waals surface area (Å²) in [6.45, 7) is 0.801. The third kappa shape index (κ3) is 3.21. The SMILES string of the molecule is CN(C)Cc1cccc(-c2[nH]c3cc(NC(=O)O)cc4c3c2C=NNC4=O)c1. The van der Waals surface area contributed by atoms with Crippen LogP contribution in [0.4, 0.5) is 10.5 Å². The molecule has 28 heavy (non-hydrogen) atoms. The topological polar surface area (TPSA) is 110 Å². The van der Waals surface area contributed by atoms with Crippen molar-refractivity contribution < 1.29 is 14.7 Å². The Kier molecular flexibility index (Phi) is 4.32. The van der Waals surface area contributed by atoms with Gasteiger partial charge in [0.15, 0.2) is 0 Å². The number of carbonyl (C=O) groups excluding carboxylic acids is 1. The molecular weight excluding hydrogens is 358 g/mol. The van der Waals surface area contributed by atoms with Gasteiger partial charge in [-0.1, -0.05) is 18.2 Å². The van der Waals surface area contributed by atoms with Crippen LogP contribution in [0.1, 0.15) is 21.5 Å². The average molecular weight is 377 g/mol. The molecule has 0 saturated carbocycles. The Bertz CT molecular complexity index is 1130. The first-order valence-corrected chi connectivity index (χ1v) is 8.69. The molecule has 0 saturated heterocycles. The number of anilines is 1. The van der Waals surface area contributed by atoms with E-state index in [2.05, 4.69) is 37.9 Å². The third-order valence-electron chi connectivity index (χ3n) is 4.51. The minimum absolute atomic E-state index is 0.313. The maximum absolute atomic E-state index is 12.4. The van der Waals surface area contributed by atoms with Crippen LogP contribution in [0.3, 0.4) is 0 Å². The first-order chi connectivity index (χ1) is 13.4. The van der Waals surface area contributed by atoms with Gasteiger partial charge in [-0.15, -0.1) is 0 Å². The predicted octanol–water partition coefficient (Wildman–Crippen LogP) is 3.06. The molecule has 0 fully saturated rings. The predicted molar refractivity (Wildman–Crippen MR) is 108 cm³/mol. The largest absolute Gasteiger partial charge is 0.465 e. The summed E-state index contributed by atoms with van der Waals surface area (Å²) in [6.07, 6.45) is 0.422. The van der Waals surface area contributed by atoms with E-state index in [0.29, 0.717) is 22.2 Å². The second-order valence-electron chi connectivity index (χ2n) is 6.93. The Balaban J connectivity index is 1.93. The molecule has 1 aliphatic heterocycles. The van der Waals surface area contributed by atoms with E-state index in [1.54, 1.807) is 12.3 Å². The van der Waals surface area contributed by atoms with Crippen LogP contribution in [0.2, 0.25) is 0 Å². The van der Waals surface area contributed by atoms with Crippen LogP contribution in [-0.4, -0.2) is 47.3 Å². The molecule has 4 rings (SSSR count). The number of carboxylic acid groups (broad SMARTS) is 1. The Labute approximate surface area is 160 Å². The first kappa shape index (κ1) is 17.7. The highest BCUT2D eigenvalue weighted by Gasteiger charge is 2.22. The molecule has 2 aromatic carbocycles. The van der Waals surface area contributed by atoms with Gasteiger partial charge < -0.3 is 15.0 Å². The Morgan fingerprint density at radius 1 is 1.25 bits per heavy atom. The number of hydrogen-bond donors (Lipinski definition) is 4. The van der Waals surface area contributed by atoms with Crippen molar-refractivity contribution in [1.82, 2.24) is 15.3 Å². The molecule has 0 spiro atoms. The van der Waals surface area contributed by atoms with Crippen molar-refractivity contribution in [3.05, 3.63) is 53.1 Å². The van der Waals surface area contributed by atoms with E-state index in [4.69, 9.17) is 5.11 Å². The molecule has 8 nitrogen and oxygen atoms in total. The number of hydrazone groups is 1. The van der Waals surface area contributed by atoms with Gasteiger partial charge in [-0.2, -0.15) is 5.10 Å². The third-order valence-corrected chi connectivity index (χ3v) is 4.51. The summed E-state index contributed by atoms with van der Waals surface area (Å²) >= 11 is 0. The number of aromatic amines is 1. The summed E-state index contributed by atoms with van der Waals surface area (Å²) in [7, 11) is 4.02. The lowest BCUT2D eigenvalue weighted by Gasteiger charge is -2.10. The fraction of sp³-hybridized carbons (Fsp3) is 0.150. The molecule has 0 bridgehead atoms. The summed E-state index contributed by atoms with van der Waals surface area (Å²) < 4.78 is 0. The maximum Gasteiger partial charge on any atom is 0.409 e. The van der Waals surface area contributed by atoms with Crippen molar-refractivity contribution in [3.63, 3.8) is 0 Å². The van der Waals surface area contributed by atoms with Gasteiger partial charge >= 0.3 is 6.09 Å². The fourth-order valence-electron chi connectivity index (χ4n) is 3.50. The number of nitrogens with one attached hydrogen (secondary N) is 3. The van der Waals surface area contributed by atoms with E-state index < -0.39 is 6.09 Å². The van der Waals surface area contributed by atoms with E-state index in [1.807, 2.05) is 26.2 Å². The zero-order valence-electron chi connectivity index (χ0n) is 15.4. The van der Waals surface area contributed by atoms with Crippen LogP contribution in [0.15, 0.2) is 41.5 Å². The van der Waals surface area contributed by atoms with Crippen LogP contribution in [0.25, 0.3) is 22.2 Å². The van der Waals surface area contributed by atoms with E-state index in [1.165, 1.54) is 6.07 Å². The monoisotopic (exact) mass is 377 g/mol. The fourth-order valence-corrected chi connectivity index (χ4v) is 3.50. The van der Waals surface area contributed by atoms with Gasteiger partial charge in [0.05, 0.1) is 17.5 Å². The van der Waals surface area contributed by atoms with Gasteiger partial charge in [0.1, 0.15) is 0 Å². The highest BCUT2D eigenvalue weighted by molar-refractivity contribution is 6.18. The number of rotatable bonds is 4. The number of H-pyrrole nitrogens is 1. The lowest BCUT2D eigenvalue weighted by atomic mass is 10.0. The minimum Gasteiger partial charge on any atom is -0.465 e. The first-order valence-electron chi connectivity index (χ1n) is 8.69. The number of hydrogen-bond acceptors (Lipinski definition) is 4. The molecule has 1 aromatic heterocycles. The number of benzene rings is 2. The van der Waals surface area contributed by atoms with Crippen molar-refractivity contribution in [2.45, 2.75) is 6.54 Å². The summed E-state index contributed by atoms with van der Waals surface area (Å²) in [4.78, 5) is 28.9. The van der Waals surface area contributed by atoms with Crippen LogP contribution in [0.5, 0.6) is 0 Å². The standard InChI is InChI=1S/C20H19N5O3/c1-25(2)10-11-4-3-5-12(6-11)18-15-9-21-24-19(26)14-7-13(22-20(27)28)8-16(23-18)17(14)15/h3-9,22-23H,10H2,1-2H3,(H,24,26)(H,27,28). The molecule has 0 radical (unpaired) electrons. The van der Waals surface area contributed by atoms with Crippen LogP contribution >= 0.6 is 0 Å². The molecule has 0 atom stereocenters. The van der Waals surface area contributed by atoms with Gasteiger partial charge in [-0.25, -0.2) is 10.2 Å². The molecule has 3 aromatic rings.